The van der Waals surface area contributed by atoms with Gasteiger partial charge >= 0.3 is 0 Å². The second-order valence-electron chi connectivity index (χ2n) is 8.43. The summed E-state index contributed by atoms with van der Waals surface area (Å²) in [5.74, 6) is 1.27. The van der Waals surface area contributed by atoms with Crippen LogP contribution in [0.1, 0.15) is 43.4 Å². The zero-order valence-electron chi connectivity index (χ0n) is 17.8. The monoisotopic (exact) mass is 409 g/mol. The molecule has 1 saturated heterocycles. The molecule has 0 radical (unpaired) electrons. The summed E-state index contributed by atoms with van der Waals surface area (Å²) in [6.45, 7) is 13.8. The van der Waals surface area contributed by atoms with E-state index in [1.807, 2.05) is 19.1 Å². The molecule has 0 aromatic heterocycles. The molecular weight excluding hydrogens is 374 g/mol. The standard InChI is InChI=1S/C21H35N3O3S/c1-15-11-18(4)21(19(5)12-15)28(26,27)23-7-6-20(25)22-8-9-24-13-16(2)10-17(3)14-24/h11-12,16-17,23H,6-10,13-14H2,1-5H3,(H,22,25). The van der Waals surface area contributed by atoms with Crippen molar-refractivity contribution in [2.24, 2.45) is 11.8 Å². The van der Waals surface area contributed by atoms with Gasteiger partial charge in [0.2, 0.25) is 15.9 Å². The topological polar surface area (TPSA) is 78.5 Å². The van der Waals surface area contributed by atoms with Crippen LogP contribution in [0.15, 0.2) is 17.0 Å². The zero-order valence-corrected chi connectivity index (χ0v) is 18.7. The molecule has 28 heavy (non-hydrogen) atoms. The van der Waals surface area contributed by atoms with Gasteiger partial charge in [-0.15, -0.1) is 0 Å². The van der Waals surface area contributed by atoms with Crippen LogP contribution in [-0.2, 0) is 14.8 Å². The molecule has 1 aromatic carbocycles. The van der Waals surface area contributed by atoms with Gasteiger partial charge in [0.1, 0.15) is 0 Å². The van der Waals surface area contributed by atoms with E-state index in [1.165, 1.54) is 6.42 Å². The van der Waals surface area contributed by atoms with Gasteiger partial charge < -0.3 is 10.2 Å². The Hall–Kier alpha value is -1.44. The van der Waals surface area contributed by atoms with Crippen LogP contribution in [0.3, 0.4) is 0 Å². The quantitative estimate of drug-likeness (QED) is 0.691. The maximum atomic E-state index is 12.6. The summed E-state index contributed by atoms with van der Waals surface area (Å²) >= 11 is 0. The van der Waals surface area contributed by atoms with Crippen LogP contribution in [0.4, 0.5) is 0 Å². The van der Waals surface area contributed by atoms with E-state index in [2.05, 4.69) is 28.8 Å². The lowest BCUT2D eigenvalue weighted by Crippen LogP contribution is -2.43. The van der Waals surface area contributed by atoms with Crippen LogP contribution >= 0.6 is 0 Å². The van der Waals surface area contributed by atoms with Crippen LogP contribution in [-0.4, -0.2) is 51.9 Å². The number of hydrogen-bond donors (Lipinski definition) is 2. The first-order valence-electron chi connectivity index (χ1n) is 10.1. The third kappa shape index (κ3) is 6.57. The molecule has 2 N–H and O–H groups in total. The van der Waals surface area contributed by atoms with Gasteiger partial charge in [-0.1, -0.05) is 31.5 Å². The van der Waals surface area contributed by atoms with Crippen LogP contribution in [0.5, 0.6) is 0 Å². The maximum absolute atomic E-state index is 12.6. The van der Waals surface area contributed by atoms with Gasteiger partial charge in [-0.3, -0.25) is 4.79 Å². The molecule has 2 atom stereocenters. The van der Waals surface area contributed by atoms with Gasteiger partial charge in [0.05, 0.1) is 4.90 Å². The molecule has 0 bridgehead atoms. The number of aryl methyl sites for hydroxylation is 3. The second kappa shape index (κ2) is 9.85. The Morgan fingerprint density at radius 2 is 1.64 bits per heavy atom. The highest BCUT2D eigenvalue weighted by atomic mass is 32.2. The summed E-state index contributed by atoms with van der Waals surface area (Å²) in [6, 6.07) is 3.72. The minimum Gasteiger partial charge on any atom is -0.355 e. The van der Waals surface area contributed by atoms with Crippen molar-refractivity contribution in [2.75, 3.05) is 32.7 Å². The first kappa shape index (κ1) is 22.8. The van der Waals surface area contributed by atoms with Gasteiger partial charge in [0, 0.05) is 39.1 Å². The molecule has 0 aliphatic carbocycles. The van der Waals surface area contributed by atoms with Crippen molar-refractivity contribution in [3.8, 4) is 0 Å². The number of likely N-dealkylation sites (tertiary alicyclic amines) is 1. The van der Waals surface area contributed by atoms with Crippen LogP contribution < -0.4 is 10.0 Å². The average molecular weight is 410 g/mol. The van der Waals surface area contributed by atoms with E-state index in [4.69, 9.17) is 0 Å². The highest BCUT2D eigenvalue weighted by molar-refractivity contribution is 7.89. The molecule has 0 saturated carbocycles. The van der Waals surface area contributed by atoms with Crippen molar-refractivity contribution in [2.45, 2.75) is 52.4 Å². The SMILES string of the molecule is Cc1cc(C)c(S(=O)(=O)NCCC(=O)NCCN2CC(C)CC(C)C2)c(C)c1. The van der Waals surface area contributed by atoms with Gasteiger partial charge in [0.25, 0.3) is 0 Å². The number of carbonyl (C=O) groups is 1. The van der Waals surface area contributed by atoms with E-state index in [1.54, 1.807) is 13.8 Å². The molecule has 0 spiro atoms. The van der Waals surface area contributed by atoms with Crippen molar-refractivity contribution in [1.82, 2.24) is 14.9 Å². The summed E-state index contributed by atoms with van der Waals surface area (Å²) in [6.07, 6.45) is 1.40. The number of hydrogen-bond acceptors (Lipinski definition) is 4. The number of nitrogens with one attached hydrogen (secondary N) is 2. The number of nitrogens with zero attached hydrogens (tertiary/aromatic N) is 1. The van der Waals surface area contributed by atoms with E-state index in [0.717, 1.165) is 36.3 Å². The van der Waals surface area contributed by atoms with Crippen molar-refractivity contribution >= 4 is 15.9 Å². The molecule has 1 heterocycles. The van der Waals surface area contributed by atoms with E-state index in [9.17, 15) is 13.2 Å². The highest BCUT2D eigenvalue weighted by Gasteiger charge is 2.22. The van der Waals surface area contributed by atoms with Crippen molar-refractivity contribution in [1.29, 1.82) is 0 Å². The Morgan fingerprint density at radius 1 is 1.07 bits per heavy atom. The smallest absolute Gasteiger partial charge is 0.241 e. The fourth-order valence-corrected chi connectivity index (χ4v) is 5.86. The lowest BCUT2D eigenvalue weighted by Gasteiger charge is -2.34. The van der Waals surface area contributed by atoms with Crippen LogP contribution in [0, 0.1) is 32.6 Å². The van der Waals surface area contributed by atoms with Gasteiger partial charge in [-0.05, 0) is 50.2 Å². The van der Waals surface area contributed by atoms with Crippen LogP contribution in [0.25, 0.3) is 0 Å². The number of benzene rings is 1. The molecule has 1 fully saturated rings. The Labute approximate surface area is 170 Å². The summed E-state index contributed by atoms with van der Waals surface area (Å²) in [7, 11) is -3.62. The van der Waals surface area contributed by atoms with Crippen LogP contribution in [0.2, 0.25) is 0 Å². The summed E-state index contributed by atoms with van der Waals surface area (Å²) < 4.78 is 27.8. The predicted molar refractivity (Wildman–Crippen MR) is 113 cm³/mol. The lowest BCUT2D eigenvalue weighted by atomic mass is 9.92. The summed E-state index contributed by atoms with van der Waals surface area (Å²) in [5.41, 5.74) is 2.48. The van der Waals surface area contributed by atoms with Crippen molar-refractivity contribution in [3.05, 3.63) is 28.8 Å². The second-order valence-corrected chi connectivity index (χ2v) is 10.1. The molecule has 1 aromatic rings. The molecule has 2 rings (SSSR count). The number of sulfonamides is 1. The number of rotatable bonds is 8. The molecular formula is C21H35N3O3S. The zero-order chi connectivity index (χ0) is 20.9. The third-order valence-corrected chi connectivity index (χ3v) is 6.98. The number of piperidine rings is 1. The molecule has 2 unspecified atom stereocenters. The highest BCUT2D eigenvalue weighted by Crippen LogP contribution is 2.22. The number of amides is 1. The Morgan fingerprint density at radius 3 is 2.21 bits per heavy atom. The molecule has 7 heteroatoms. The molecule has 1 aliphatic heterocycles. The Bertz CT molecular complexity index is 759. The van der Waals surface area contributed by atoms with E-state index in [-0.39, 0.29) is 18.9 Å². The fraction of sp³-hybridized carbons (Fsp3) is 0.667. The molecule has 1 amide bonds. The lowest BCUT2D eigenvalue weighted by molar-refractivity contribution is -0.121. The summed E-state index contributed by atoms with van der Waals surface area (Å²) in [4.78, 5) is 14.8. The van der Waals surface area contributed by atoms with Crippen molar-refractivity contribution < 1.29 is 13.2 Å². The Kier molecular flexibility index (Phi) is 8.04. The maximum Gasteiger partial charge on any atom is 0.241 e. The van der Waals surface area contributed by atoms with Gasteiger partial charge in [-0.2, -0.15) is 0 Å². The Balaban J connectivity index is 1.76. The largest absolute Gasteiger partial charge is 0.355 e. The van der Waals surface area contributed by atoms with Gasteiger partial charge in [-0.25, -0.2) is 13.1 Å². The normalized spacial score (nSPS) is 20.9. The van der Waals surface area contributed by atoms with Crippen molar-refractivity contribution in [3.63, 3.8) is 0 Å². The molecule has 158 valence electrons. The van der Waals surface area contributed by atoms with E-state index >= 15 is 0 Å². The summed E-state index contributed by atoms with van der Waals surface area (Å²) in [5, 5.41) is 2.90. The van der Waals surface area contributed by atoms with E-state index in [0.29, 0.717) is 23.3 Å². The molecule has 1 aliphatic rings. The first-order chi connectivity index (χ1) is 13.1. The molecule has 6 nitrogen and oxygen atoms in total. The minimum atomic E-state index is -3.62. The third-order valence-electron chi connectivity index (χ3n) is 5.21. The predicted octanol–water partition coefficient (Wildman–Crippen LogP) is 2.37. The van der Waals surface area contributed by atoms with E-state index < -0.39 is 10.0 Å². The first-order valence-corrected chi connectivity index (χ1v) is 11.6. The minimum absolute atomic E-state index is 0.0959. The fourth-order valence-electron chi connectivity index (χ4n) is 4.38. The average Bonchev–Trinajstić information content (AvgIpc) is 2.52. The van der Waals surface area contributed by atoms with Gasteiger partial charge in [0.15, 0.2) is 0 Å². The number of carbonyl (C=O) groups excluding carboxylic acids is 1.